The van der Waals surface area contributed by atoms with E-state index in [9.17, 15) is 24.5 Å². The molecule has 2 aromatic carbocycles. The number of ether oxygens (including phenoxy) is 1. The summed E-state index contributed by atoms with van der Waals surface area (Å²) in [6.45, 7) is -0.0800. The molecule has 0 aliphatic carbocycles. The summed E-state index contributed by atoms with van der Waals surface area (Å²) in [4.78, 5) is 50.3. The Morgan fingerprint density at radius 3 is 2.41 bits per heavy atom. The first-order valence-electron chi connectivity index (χ1n) is 8.14. The number of hydrogen-bond donors (Lipinski definition) is 0. The van der Waals surface area contributed by atoms with Crippen LogP contribution in [0.25, 0.3) is 0 Å². The molecule has 9 heteroatoms. The second kappa shape index (κ2) is 6.20. The monoisotopic (exact) mass is 367 g/mol. The lowest BCUT2D eigenvalue weighted by molar-refractivity contribution is -0.384. The third-order valence-electron chi connectivity index (χ3n) is 4.49. The molecule has 0 N–H and O–H groups in total. The molecule has 0 bridgehead atoms. The molecular weight excluding hydrogens is 354 g/mol. The van der Waals surface area contributed by atoms with Crippen LogP contribution in [0.15, 0.2) is 42.5 Å². The second-order valence-corrected chi connectivity index (χ2v) is 6.05. The van der Waals surface area contributed by atoms with Gasteiger partial charge in [0.05, 0.1) is 28.3 Å². The van der Waals surface area contributed by atoms with Crippen LogP contribution < -0.4 is 9.64 Å². The molecule has 0 radical (unpaired) electrons. The number of fused-ring (bicyclic) bond motifs is 2. The van der Waals surface area contributed by atoms with Crippen LogP contribution in [0.2, 0.25) is 0 Å². The van der Waals surface area contributed by atoms with Crippen molar-refractivity contribution in [2.24, 2.45) is 0 Å². The Morgan fingerprint density at radius 1 is 1.11 bits per heavy atom. The molecule has 0 unspecified atom stereocenters. The van der Waals surface area contributed by atoms with Gasteiger partial charge in [0, 0.05) is 12.1 Å². The van der Waals surface area contributed by atoms with Gasteiger partial charge in [-0.3, -0.25) is 29.4 Å². The number of nitrogens with zero attached hydrogens (tertiary/aromatic N) is 3. The van der Waals surface area contributed by atoms with Gasteiger partial charge in [0.2, 0.25) is 5.91 Å². The average Bonchev–Trinajstić information content (AvgIpc) is 2.92. The summed E-state index contributed by atoms with van der Waals surface area (Å²) in [7, 11) is 0. The van der Waals surface area contributed by atoms with Crippen LogP contribution in [0.3, 0.4) is 0 Å². The van der Waals surface area contributed by atoms with E-state index in [1.807, 2.05) is 0 Å². The number of imide groups is 1. The number of carbonyl (C=O) groups is 3. The van der Waals surface area contributed by atoms with Crippen molar-refractivity contribution in [1.82, 2.24) is 4.90 Å². The quantitative estimate of drug-likeness (QED) is 0.463. The molecule has 0 aromatic heterocycles. The van der Waals surface area contributed by atoms with Crippen LogP contribution in [0.4, 0.5) is 11.4 Å². The highest BCUT2D eigenvalue weighted by Crippen LogP contribution is 2.35. The minimum Gasteiger partial charge on any atom is -0.490 e. The Bertz CT molecular complexity index is 967. The van der Waals surface area contributed by atoms with E-state index in [2.05, 4.69) is 0 Å². The number of hydrogen-bond acceptors (Lipinski definition) is 6. The van der Waals surface area contributed by atoms with Crippen LogP contribution in [-0.4, -0.2) is 47.2 Å². The zero-order chi connectivity index (χ0) is 19.1. The second-order valence-electron chi connectivity index (χ2n) is 6.05. The average molecular weight is 367 g/mol. The van der Waals surface area contributed by atoms with Gasteiger partial charge in [-0.2, -0.15) is 0 Å². The third-order valence-corrected chi connectivity index (χ3v) is 4.49. The summed E-state index contributed by atoms with van der Waals surface area (Å²) < 4.78 is 5.44. The fourth-order valence-corrected chi connectivity index (χ4v) is 3.18. The van der Waals surface area contributed by atoms with E-state index in [1.165, 1.54) is 35.2 Å². The number of carbonyl (C=O) groups excluding carboxylic acids is 3. The van der Waals surface area contributed by atoms with Crippen LogP contribution in [0.5, 0.6) is 5.75 Å². The van der Waals surface area contributed by atoms with E-state index in [4.69, 9.17) is 4.74 Å². The minimum absolute atomic E-state index is 0.163. The van der Waals surface area contributed by atoms with Gasteiger partial charge in [0.1, 0.15) is 18.9 Å². The Labute approximate surface area is 152 Å². The SMILES string of the molecule is O=C1c2ccccc2C(=O)N1CC(=O)N1CCOc2ccc([N+](=O)[O-])cc21. The zero-order valence-corrected chi connectivity index (χ0v) is 14.0. The lowest BCUT2D eigenvalue weighted by atomic mass is 10.1. The first-order valence-corrected chi connectivity index (χ1v) is 8.14. The summed E-state index contributed by atoms with van der Waals surface area (Å²) in [5.41, 5.74) is 0.580. The molecule has 9 nitrogen and oxygen atoms in total. The van der Waals surface area contributed by atoms with Gasteiger partial charge < -0.3 is 9.64 Å². The molecule has 4 rings (SSSR count). The fraction of sp³-hybridized carbons (Fsp3) is 0.167. The summed E-state index contributed by atoms with van der Waals surface area (Å²) in [5, 5.41) is 11.0. The lowest BCUT2D eigenvalue weighted by Crippen LogP contribution is -2.45. The standard InChI is InChI=1S/C18H13N3O6/c22-16(10-20-17(23)12-3-1-2-4-13(12)18(20)24)19-7-8-27-15-6-5-11(21(25)26)9-14(15)19/h1-6,9H,7-8,10H2. The highest BCUT2D eigenvalue weighted by atomic mass is 16.6. The molecule has 27 heavy (non-hydrogen) atoms. The summed E-state index contributed by atoms with van der Waals surface area (Å²) in [6.07, 6.45) is 0. The molecular formula is C18H13N3O6. The Morgan fingerprint density at radius 2 is 1.78 bits per heavy atom. The number of benzene rings is 2. The van der Waals surface area contributed by atoms with Crippen molar-refractivity contribution in [1.29, 1.82) is 0 Å². The zero-order valence-electron chi connectivity index (χ0n) is 14.0. The highest BCUT2D eigenvalue weighted by Gasteiger charge is 2.38. The minimum atomic E-state index is -0.568. The fourth-order valence-electron chi connectivity index (χ4n) is 3.18. The van der Waals surface area contributed by atoms with Gasteiger partial charge in [-0.15, -0.1) is 0 Å². The first-order chi connectivity index (χ1) is 13.0. The van der Waals surface area contributed by atoms with Crippen molar-refractivity contribution < 1.29 is 24.0 Å². The van der Waals surface area contributed by atoms with E-state index in [0.29, 0.717) is 5.75 Å². The molecule has 2 aliphatic heterocycles. The van der Waals surface area contributed by atoms with Gasteiger partial charge in [-0.05, 0) is 18.2 Å². The maximum atomic E-state index is 12.8. The predicted octanol–water partition coefficient (Wildman–Crippen LogP) is 1.62. The Balaban J connectivity index is 1.61. The highest BCUT2D eigenvalue weighted by molar-refractivity contribution is 6.22. The normalized spacial score (nSPS) is 15.3. The Hall–Kier alpha value is -3.75. The molecule has 3 amide bonds. The van der Waals surface area contributed by atoms with Crippen molar-refractivity contribution in [3.05, 3.63) is 63.7 Å². The number of anilines is 1. The number of amides is 3. The van der Waals surface area contributed by atoms with Gasteiger partial charge in [-0.25, -0.2) is 0 Å². The number of nitro benzene ring substituents is 1. The summed E-state index contributed by atoms with van der Waals surface area (Å²) in [5.74, 6) is -1.25. The molecule has 0 atom stereocenters. The summed E-state index contributed by atoms with van der Waals surface area (Å²) in [6, 6.07) is 10.3. The lowest BCUT2D eigenvalue weighted by Gasteiger charge is -2.30. The van der Waals surface area contributed by atoms with Gasteiger partial charge >= 0.3 is 0 Å². The van der Waals surface area contributed by atoms with Gasteiger partial charge in [0.15, 0.2) is 0 Å². The predicted molar refractivity (Wildman–Crippen MR) is 92.8 cm³/mol. The summed E-state index contributed by atoms with van der Waals surface area (Å²) >= 11 is 0. The van der Waals surface area contributed by atoms with E-state index in [-0.39, 0.29) is 35.7 Å². The maximum Gasteiger partial charge on any atom is 0.271 e. The third kappa shape index (κ3) is 2.69. The van der Waals surface area contributed by atoms with Crippen LogP contribution in [0, 0.1) is 10.1 Å². The van der Waals surface area contributed by atoms with Crippen LogP contribution in [-0.2, 0) is 4.79 Å². The largest absolute Gasteiger partial charge is 0.490 e. The Kier molecular flexibility index (Phi) is 3.84. The van der Waals surface area contributed by atoms with Gasteiger partial charge in [-0.1, -0.05) is 12.1 Å². The topological polar surface area (TPSA) is 110 Å². The smallest absolute Gasteiger partial charge is 0.271 e. The molecule has 0 spiro atoms. The number of non-ortho nitro benzene ring substituents is 1. The van der Waals surface area contributed by atoms with E-state index >= 15 is 0 Å². The molecule has 2 heterocycles. The van der Waals surface area contributed by atoms with Crippen molar-refractivity contribution in [3.8, 4) is 5.75 Å². The molecule has 0 fully saturated rings. The van der Waals surface area contributed by atoms with Crippen molar-refractivity contribution in [2.45, 2.75) is 0 Å². The molecule has 0 saturated carbocycles. The molecule has 2 aliphatic rings. The van der Waals surface area contributed by atoms with Gasteiger partial charge in [0.25, 0.3) is 17.5 Å². The van der Waals surface area contributed by atoms with E-state index < -0.39 is 29.2 Å². The van der Waals surface area contributed by atoms with E-state index in [0.717, 1.165) is 4.90 Å². The van der Waals surface area contributed by atoms with Crippen molar-refractivity contribution in [3.63, 3.8) is 0 Å². The van der Waals surface area contributed by atoms with Crippen LogP contribution >= 0.6 is 0 Å². The molecule has 0 saturated heterocycles. The molecule has 2 aromatic rings. The molecule has 136 valence electrons. The number of rotatable bonds is 3. The van der Waals surface area contributed by atoms with Crippen LogP contribution in [0.1, 0.15) is 20.7 Å². The van der Waals surface area contributed by atoms with Crippen molar-refractivity contribution in [2.75, 3.05) is 24.6 Å². The first kappa shape index (κ1) is 16.7. The van der Waals surface area contributed by atoms with E-state index in [1.54, 1.807) is 12.1 Å². The van der Waals surface area contributed by atoms with Crippen molar-refractivity contribution >= 4 is 29.1 Å². The maximum absolute atomic E-state index is 12.8. The number of nitro groups is 1.